The van der Waals surface area contributed by atoms with E-state index in [1.165, 1.54) is 12.1 Å². The minimum atomic E-state index is -0.0249. The van der Waals surface area contributed by atoms with Gasteiger partial charge in [-0.2, -0.15) is 0 Å². The summed E-state index contributed by atoms with van der Waals surface area (Å²) in [4.78, 5) is 21.1. The SMILES string of the molecule is Cc1c(NC(=O)CN2CCN(c3ccncc3)CC2)cccc1-c1nnco1. The van der Waals surface area contributed by atoms with E-state index in [1.807, 2.05) is 37.3 Å². The van der Waals surface area contributed by atoms with Crippen LogP contribution in [0.15, 0.2) is 53.5 Å². The van der Waals surface area contributed by atoms with Crippen molar-refractivity contribution in [1.29, 1.82) is 0 Å². The Labute approximate surface area is 163 Å². The lowest BCUT2D eigenvalue weighted by Gasteiger charge is -2.35. The number of carbonyl (C=O) groups is 1. The molecular weight excluding hydrogens is 356 g/mol. The number of nitrogens with one attached hydrogen (secondary N) is 1. The van der Waals surface area contributed by atoms with Gasteiger partial charge in [0.15, 0.2) is 0 Å². The number of hydrogen-bond donors (Lipinski definition) is 1. The van der Waals surface area contributed by atoms with E-state index in [9.17, 15) is 4.79 Å². The fourth-order valence-corrected chi connectivity index (χ4v) is 3.41. The third kappa shape index (κ3) is 4.01. The molecule has 144 valence electrons. The van der Waals surface area contributed by atoms with Crippen molar-refractivity contribution < 1.29 is 9.21 Å². The van der Waals surface area contributed by atoms with Gasteiger partial charge in [-0.25, -0.2) is 0 Å². The molecule has 8 nitrogen and oxygen atoms in total. The summed E-state index contributed by atoms with van der Waals surface area (Å²) >= 11 is 0. The number of nitrogens with zero attached hydrogens (tertiary/aromatic N) is 5. The first-order valence-electron chi connectivity index (χ1n) is 9.24. The van der Waals surface area contributed by atoms with Crippen LogP contribution >= 0.6 is 0 Å². The van der Waals surface area contributed by atoms with Gasteiger partial charge in [-0.15, -0.1) is 10.2 Å². The van der Waals surface area contributed by atoms with Crippen molar-refractivity contribution in [1.82, 2.24) is 20.1 Å². The first-order valence-corrected chi connectivity index (χ1v) is 9.24. The van der Waals surface area contributed by atoms with Crippen molar-refractivity contribution in [3.8, 4) is 11.5 Å². The second-order valence-electron chi connectivity index (χ2n) is 6.74. The molecule has 1 fully saturated rings. The number of rotatable bonds is 5. The van der Waals surface area contributed by atoms with Gasteiger partial charge in [0.1, 0.15) is 0 Å². The van der Waals surface area contributed by atoms with Gasteiger partial charge in [-0.3, -0.25) is 14.7 Å². The third-order valence-corrected chi connectivity index (χ3v) is 4.97. The largest absolute Gasteiger partial charge is 0.423 e. The van der Waals surface area contributed by atoms with Crippen molar-refractivity contribution >= 4 is 17.3 Å². The maximum atomic E-state index is 12.6. The van der Waals surface area contributed by atoms with E-state index in [4.69, 9.17) is 4.42 Å². The minimum Gasteiger partial charge on any atom is -0.423 e. The first kappa shape index (κ1) is 18.1. The molecule has 0 bridgehead atoms. The van der Waals surface area contributed by atoms with Crippen LogP contribution in [0.5, 0.6) is 0 Å². The minimum absolute atomic E-state index is 0.0249. The smallest absolute Gasteiger partial charge is 0.247 e. The van der Waals surface area contributed by atoms with E-state index in [1.54, 1.807) is 12.4 Å². The van der Waals surface area contributed by atoms with E-state index < -0.39 is 0 Å². The van der Waals surface area contributed by atoms with Gasteiger partial charge in [-0.05, 0) is 36.8 Å². The second kappa shape index (κ2) is 8.18. The predicted molar refractivity (Wildman–Crippen MR) is 106 cm³/mol. The van der Waals surface area contributed by atoms with Crippen molar-refractivity contribution in [2.75, 3.05) is 42.9 Å². The van der Waals surface area contributed by atoms with Gasteiger partial charge in [0, 0.05) is 55.5 Å². The molecule has 1 amide bonds. The highest BCUT2D eigenvalue weighted by Crippen LogP contribution is 2.27. The Kier molecular flexibility index (Phi) is 5.29. The molecule has 1 N–H and O–H groups in total. The average molecular weight is 378 g/mol. The monoisotopic (exact) mass is 378 g/mol. The van der Waals surface area contributed by atoms with E-state index in [0.29, 0.717) is 12.4 Å². The Morgan fingerprint density at radius 2 is 1.93 bits per heavy atom. The van der Waals surface area contributed by atoms with Crippen LogP contribution in [0.3, 0.4) is 0 Å². The number of pyridine rings is 1. The van der Waals surface area contributed by atoms with Gasteiger partial charge >= 0.3 is 0 Å². The van der Waals surface area contributed by atoms with Crippen molar-refractivity contribution in [2.45, 2.75) is 6.92 Å². The summed E-state index contributed by atoms with van der Waals surface area (Å²) in [7, 11) is 0. The number of aromatic nitrogens is 3. The standard InChI is InChI=1S/C20H22N6O2/c1-15-17(20-24-22-14-28-20)3-2-4-18(15)23-19(27)13-25-9-11-26(12-10-25)16-5-7-21-8-6-16/h2-8,14H,9-13H2,1H3,(H,23,27). The summed E-state index contributed by atoms with van der Waals surface area (Å²) in [6, 6.07) is 9.68. The molecule has 0 saturated carbocycles. The Balaban J connectivity index is 1.34. The van der Waals surface area contributed by atoms with E-state index in [0.717, 1.165) is 43.0 Å². The quantitative estimate of drug-likeness (QED) is 0.728. The predicted octanol–water partition coefficient (Wildman–Crippen LogP) is 2.20. The molecule has 0 spiro atoms. The summed E-state index contributed by atoms with van der Waals surface area (Å²) in [6.45, 7) is 5.77. The average Bonchev–Trinajstić information content (AvgIpc) is 3.25. The molecule has 1 aliphatic heterocycles. The van der Waals surface area contributed by atoms with E-state index in [2.05, 4.69) is 30.3 Å². The molecular formula is C20H22N6O2. The molecule has 0 aliphatic carbocycles. The topological polar surface area (TPSA) is 87.4 Å². The zero-order chi connectivity index (χ0) is 19.3. The van der Waals surface area contributed by atoms with Crippen molar-refractivity contribution in [2.24, 2.45) is 0 Å². The van der Waals surface area contributed by atoms with E-state index in [-0.39, 0.29) is 5.91 Å². The zero-order valence-corrected chi connectivity index (χ0v) is 15.7. The molecule has 3 aromatic rings. The zero-order valence-electron chi connectivity index (χ0n) is 15.7. The van der Waals surface area contributed by atoms with Crippen LogP contribution in [0.1, 0.15) is 5.56 Å². The van der Waals surface area contributed by atoms with Gasteiger partial charge in [0.05, 0.1) is 6.54 Å². The fourth-order valence-electron chi connectivity index (χ4n) is 3.41. The Bertz CT molecular complexity index is 921. The Hall–Kier alpha value is -3.26. The molecule has 0 unspecified atom stereocenters. The number of piperazine rings is 1. The van der Waals surface area contributed by atoms with Gasteiger partial charge in [-0.1, -0.05) is 6.07 Å². The van der Waals surface area contributed by atoms with E-state index >= 15 is 0 Å². The van der Waals surface area contributed by atoms with Crippen molar-refractivity contribution in [3.05, 3.63) is 54.7 Å². The Morgan fingerprint density at radius 3 is 2.64 bits per heavy atom. The lowest BCUT2D eigenvalue weighted by atomic mass is 10.1. The normalized spacial score (nSPS) is 14.8. The van der Waals surface area contributed by atoms with Crippen LogP contribution in [0.2, 0.25) is 0 Å². The highest BCUT2D eigenvalue weighted by Gasteiger charge is 2.20. The first-order chi connectivity index (χ1) is 13.7. The Morgan fingerprint density at radius 1 is 1.14 bits per heavy atom. The molecule has 0 radical (unpaired) electrons. The molecule has 2 aromatic heterocycles. The highest BCUT2D eigenvalue weighted by atomic mass is 16.4. The van der Waals surface area contributed by atoms with Gasteiger partial charge < -0.3 is 14.6 Å². The van der Waals surface area contributed by atoms with Gasteiger partial charge in [0.25, 0.3) is 0 Å². The molecule has 1 saturated heterocycles. The van der Waals surface area contributed by atoms with Gasteiger partial charge in [0.2, 0.25) is 18.2 Å². The molecule has 28 heavy (non-hydrogen) atoms. The summed E-state index contributed by atoms with van der Waals surface area (Å²) in [5.41, 5.74) is 3.66. The third-order valence-electron chi connectivity index (χ3n) is 4.97. The van der Waals surface area contributed by atoms with Crippen LogP contribution in [0.25, 0.3) is 11.5 Å². The van der Waals surface area contributed by atoms with Crippen LogP contribution in [0.4, 0.5) is 11.4 Å². The van der Waals surface area contributed by atoms with Crippen LogP contribution in [-0.2, 0) is 4.79 Å². The number of carbonyl (C=O) groups excluding carboxylic acids is 1. The van der Waals surface area contributed by atoms with Crippen molar-refractivity contribution in [3.63, 3.8) is 0 Å². The van der Waals surface area contributed by atoms with Crippen LogP contribution < -0.4 is 10.2 Å². The molecule has 1 aromatic carbocycles. The molecule has 4 rings (SSSR count). The lowest BCUT2D eigenvalue weighted by Crippen LogP contribution is -2.48. The summed E-state index contributed by atoms with van der Waals surface area (Å²) < 4.78 is 5.28. The number of hydrogen-bond acceptors (Lipinski definition) is 7. The molecule has 0 atom stereocenters. The summed E-state index contributed by atoms with van der Waals surface area (Å²) in [5.74, 6) is 0.420. The maximum absolute atomic E-state index is 12.6. The fraction of sp³-hybridized carbons (Fsp3) is 0.300. The van der Waals surface area contributed by atoms with Crippen LogP contribution in [-0.4, -0.2) is 58.7 Å². The maximum Gasteiger partial charge on any atom is 0.247 e. The lowest BCUT2D eigenvalue weighted by molar-refractivity contribution is -0.117. The molecule has 1 aliphatic rings. The molecule has 3 heterocycles. The molecule has 8 heteroatoms. The number of amides is 1. The number of benzene rings is 1. The summed E-state index contributed by atoms with van der Waals surface area (Å²) in [5, 5.41) is 10.7. The summed E-state index contributed by atoms with van der Waals surface area (Å²) in [6.07, 6.45) is 4.91. The highest BCUT2D eigenvalue weighted by molar-refractivity contribution is 5.94. The van der Waals surface area contributed by atoms with Crippen LogP contribution in [0, 0.1) is 6.92 Å². The number of anilines is 2. The second-order valence-corrected chi connectivity index (χ2v) is 6.74.